The molecule has 1 saturated heterocycles. The summed E-state index contributed by atoms with van der Waals surface area (Å²) in [6, 6.07) is 8.96. The Morgan fingerprint density at radius 1 is 1.15 bits per heavy atom. The quantitative estimate of drug-likeness (QED) is 0.499. The van der Waals surface area contributed by atoms with Crippen LogP contribution in [0.2, 0.25) is 0 Å². The van der Waals surface area contributed by atoms with Crippen LogP contribution in [0.4, 0.5) is 13.2 Å². The summed E-state index contributed by atoms with van der Waals surface area (Å²) >= 11 is 0. The van der Waals surface area contributed by atoms with Gasteiger partial charge in [0.1, 0.15) is 5.82 Å². The number of hydrogen-bond acceptors (Lipinski definition) is 6. The van der Waals surface area contributed by atoms with E-state index in [1.54, 1.807) is 12.1 Å². The molecule has 1 aromatic heterocycles. The van der Waals surface area contributed by atoms with Gasteiger partial charge in [-0.15, -0.1) is 0 Å². The van der Waals surface area contributed by atoms with Crippen LogP contribution in [0, 0.1) is 5.82 Å². The fraction of sp³-hybridized carbons (Fsp3) is 0.333. The Balaban J connectivity index is 1.62. The minimum atomic E-state index is -3.99. The third-order valence-electron chi connectivity index (χ3n) is 5.23. The number of rotatable bonds is 6. The smallest absolute Gasteiger partial charge is 0.341 e. The molecular weight excluding hydrogens is 463 g/mol. The average Bonchev–Trinajstić information content (AvgIpc) is 3.20. The van der Waals surface area contributed by atoms with Crippen molar-refractivity contribution in [2.24, 2.45) is 0 Å². The number of para-hydroxylation sites is 2. The number of imidazole rings is 1. The maximum atomic E-state index is 14.4. The summed E-state index contributed by atoms with van der Waals surface area (Å²) in [7, 11) is -3.99. The SMILES string of the molecule is CC(OC(=O)c1cc(S(=O)(=O)N2CCOCC2)ccc1F)c1nc2ccccc2n1C(F)F. The van der Waals surface area contributed by atoms with Crippen molar-refractivity contribution >= 4 is 27.0 Å². The van der Waals surface area contributed by atoms with E-state index in [2.05, 4.69) is 4.98 Å². The minimum Gasteiger partial charge on any atom is -0.451 e. The topological polar surface area (TPSA) is 90.7 Å². The first kappa shape index (κ1) is 23.2. The second-order valence-corrected chi connectivity index (χ2v) is 9.25. The van der Waals surface area contributed by atoms with Crippen molar-refractivity contribution in [3.8, 4) is 0 Å². The molecule has 1 aliphatic rings. The van der Waals surface area contributed by atoms with E-state index < -0.39 is 40.0 Å². The summed E-state index contributed by atoms with van der Waals surface area (Å²) < 4.78 is 79.6. The Hall–Kier alpha value is -2.96. The zero-order valence-electron chi connectivity index (χ0n) is 17.4. The van der Waals surface area contributed by atoms with Crippen LogP contribution >= 0.6 is 0 Å². The number of hydrogen-bond donors (Lipinski definition) is 0. The van der Waals surface area contributed by atoms with E-state index in [0.717, 1.165) is 18.2 Å². The molecule has 2 heterocycles. The van der Waals surface area contributed by atoms with Gasteiger partial charge in [0.2, 0.25) is 10.0 Å². The normalized spacial score (nSPS) is 16.3. The lowest BCUT2D eigenvalue weighted by Crippen LogP contribution is -2.40. The summed E-state index contributed by atoms with van der Waals surface area (Å²) in [4.78, 5) is 16.5. The Labute approximate surface area is 187 Å². The molecule has 2 aromatic carbocycles. The van der Waals surface area contributed by atoms with Crippen LogP contribution in [0.3, 0.4) is 0 Å². The van der Waals surface area contributed by atoms with E-state index in [4.69, 9.17) is 9.47 Å². The van der Waals surface area contributed by atoms with Crippen molar-refractivity contribution < 1.29 is 35.9 Å². The Morgan fingerprint density at radius 3 is 2.55 bits per heavy atom. The summed E-state index contributed by atoms with van der Waals surface area (Å²) in [5.74, 6) is -2.43. The van der Waals surface area contributed by atoms with Crippen LogP contribution in [0.1, 0.15) is 35.8 Å². The van der Waals surface area contributed by atoms with Gasteiger partial charge in [0.15, 0.2) is 11.9 Å². The zero-order chi connectivity index (χ0) is 23.8. The van der Waals surface area contributed by atoms with E-state index in [1.807, 2.05) is 0 Å². The monoisotopic (exact) mass is 483 g/mol. The molecule has 0 N–H and O–H groups in total. The molecule has 8 nitrogen and oxygen atoms in total. The van der Waals surface area contributed by atoms with E-state index in [9.17, 15) is 26.4 Å². The number of esters is 1. The van der Waals surface area contributed by atoms with Gasteiger partial charge in [-0.3, -0.25) is 4.57 Å². The third kappa shape index (κ3) is 4.45. The molecule has 1 aliphatic heterocycles. The molecular formula is C21H20F3N3O5S. The van der Waals surface area contributed by atoms with Gasteiger partial charge in [-0.05, 0) is 37.3 Å². The molecule has 3 aromatic rings. The number of carbonyl (C=O) groups excluding carboxylic acids is 1. The number of alkyl halides is 2. The van der Waals surface area contributed by atoms with E-state index in [1.165, 1.54) is 23.4 Å². The van der Waals surface area contributed by atoms with E-state index in [-0.39, 0.29) is 48.1 Å². The lowest BCUT2D eigenvalue weighted by atomic mass is 10.2. The average molecular weight is 483 g/mol. The van der Waals surface area contributed by atoms with Gasteiger partial charge in [-0.25, -0.2) is 22.6 Å². The first-order chi connectivity index (χ1) is 15.7. The Morgan fingerprint density at radius 2 is 1.85 bits per heavy atom. The highest BCUT2D eigenvalue weighted by molar-refractivity contribution is 7.89. The summed E-state index contributed by atoms with van der Waals surface area (Å²) in [6.45, 7) is -0.937. The van der Waals surface area contributed by atoms with Crippen molar-refractivity contribution in [2.45, 2.75) is 24.5 Å². The molecule has 4 rings (SSSR count). The maximum Gasteiger partial charge on any atom is 0.341 e. The lowest BCUT2D eigenvalue weighted by molar-refractivity contribution is 0.0228. The van der Waals surface area contributed by atoms with Gasteiger partial charge in [0.05, 0.1) is 34.7 Å². The second kappa shape index (κ2) is 9.12. The number of fused-ring (bicyclic) bond motifs is 1. The molecule has 33 heavy (non-hydrogen) atoms. The third-order valence-corrected chi connectivity index (χ3v) is 7.13. The molecule has 1 atom stereocenters. The largest absolute Gasteiger partial charge is 0.451 e. The molecule has 12 heteroatoms. The molecule has 1 fully saturated rings. The molecule has 0 radical (unpaired) electrons. The van der Waals surface area contributed by atoms with Crippen LogP contribution in [-0.4, -0.2) is 54.5 Å². The van der Waals surface area contributed by atoms with Gasteiger partial charge >= 0.3 is 12.5 Å². The number of nitrogens with zero attached hydrogens (tertiary/aromatic N) is 3. The maximum absolute atomic E-state index is 14.4. The standard InChI is InChI=1S/C21H20F3N3O5S/c1-13(19-25-17-4-2-3-5-18(17)27(19)21(23)24)32-20(28)15-12-14(6-7-16(15)22)33(29,30)26-8-10-31-11-9-26/h2-7,12-13,21H,8-11H2,1H3. The Kier molecular flexibility index (Phi) is 6.41. The highest BCUT2D eigenvalue weighted by Crippen LogP contribution is 2.29. The fourth-order valence-corrected chi connectivity index (χ4v) is 5.02. The van der Waals surface area contributed by atoms with Crippen molar-refractivity contribution in [3.05, 3.63) is 59.7 Å². The van der Waals surface area contributed by atoms with Crippen LogP contribution in [0.5, 0.6) is 0 Å². The van der Waals surface area contributed by atoms with Crippen LogP contribution in [-0.2, 0) is 19.5 Å². The van der Waals surface area contributed by atoms with Crippen molar-refractivity contribution in [1.29, 1.82) is 0 Å². The molecule has 0 saturated carbocycles. The Bertz CT molecular complexity index is 1290. The lowest BCUT2D eigenvalue weighted by Gasteiger charge is -2.26. The first-order valence-corrected chi connectivity index (χ1v) is 11.5. The number of halogens is 3. The van der Waals surface area contributed by atoms with Crippen LogP contribution in [0.15, 0.2) is 47.4 Å². The molecule has 0 amide bonds. The van der Waals surface area contributed by atoms with Crippen molar-refractivity contribution in [2.75, 3.05) is 26.3 Å². The van der Waals surface area contributed by atoms with Gasteiger partial charge in [-0.2, -0.15) is 13.1 Å². The number of morpholine rings is 1. The van der Waals surface area contributed by atoms with E-state index >= 15 is 0 Å². The molecule has 176 valence electrons. The zero-order valence-corrected chi connectivity index (χ0v) is 18.3. The first-order valence-electron chi connectivity index (χ1n) is 10.0. The molecule has 1 unspecified atom stereocenters. The predicted molar refractivity (Wildman–Crippen MR) is 111 cm³/mol. The van der Waals surface area contributed by atoms with Crippen molar-refractivity contribution in [1.82, 2.24) is 13.9 Å². The number of aromatic nitrogens is 2. The van der Waals surface area contributed by atoms with E-state index in [0.29, 0.717) is 4.57 Å². The van der Waals surface area contributed by atoms with Gasteiger partial charge in [0, 0.05) is 13.1 Å². The van der Waals surface area contributed by atoms with Crippen LogP contribution < -0.4 is 0 Å². The van der Waals surface area contributed by atoms with Gasteiger partial charge in [-0.1, -0.05) is 12.1 Å². The highest BCUT2D eigenvalue weighted by atomic mass is 32.2. The summed E-state index contributed by atoms with van der Waals surface area (Å²) in [5, 5.41) is 0. The minimum absolute atomic E-state index is 0.125. The van der Waals surface area contributed by atoms with Gasteiger partial charge in [0.25, 0.3) is 0 Å². The van der Waals surface area contributed by atoms with Crippen LogP contribution in [0.25, 0.3) is 11.0 Å². The molecule has 0 bridgehead atoms. The molecule has 0 spiro atoms. The summed E-state index contributed by atoms with van der Waals surface area (Å²) in [6.07, 6.45) is -1.27. The number of carbonyl (C=O) groups is 1. The second-order valence-electron chi connectivity index (χ2n) is 7.31. The number of ether oxygens (including phenoxy) is 2. The molecule has 0 aliphatic carbocycles. The number of sulfonamides is 1. The van der Waals surface area contributed by atoms with Crippen molar-refractivity contribution in [3.63, 3.8) is 0 Å². The fourth-order valence-electron chi connectivity index (χ4n) is 3.59. The highest BCUT2D eigenvalue weighted by Gasteiger charge is 2.30. The summed E-state index contributed by atoms with van der Waals surface area (Å²) in [5.41, 5.74) is -0.202. The van der Waals surface area contributed by atoms with Gasteiger partial charge < -0.3 is 9.47 Å². The number of benzene rings is 2. The predicted octanol–water partition coefficient (Wildman–Crippen LogP) is 3.51.